The summed E-state index contributed by atoms with van der Waals surface area (Å²) in [7, 11) is -4.37. The van der Waals surface area contributed by atoms with Crippen LogP contribution in [0.2, 0.25) is 0 Å². The largest absolute Gasteiger partial charge is 1.00 e. The predicted octanol–water partition coefficient (Wildman–Crippen LogP) is -2.95. The van der Waals surface area contributed by atoms with E-state index in [0.717, 1.165) is 11.1 Å². The van der Waals surface area contributed by atoms with Crippen molar-refractivity contribution in [1.29, 1.82) is 0 Å². The van der Waals surface area contributed by atoms with E-state index < -0.39 is 16.2 Å². The second-order valence-electron chi connectivity index (χ2n) is 3.45. The van der Waals surface area contributed by atoms with Crippen molar-refractivity contribution in [3.8, 4) is 0 Å². The Morgan fingerprint density at radius 1 is 1.27 bits per heavy atom. The first-order valence-corrected chi connectivity index (χ1v) is 5.63. The molecule has 0 amide bonds. The molecule has 0 saturated carbocycles. The van der Waals surface area contributed by atoms with Crippen LogP contribution in [0.15, 0.2) is 23.1 Å². The van der Waals surface area contributed by atoms with E-state index in [9.17, 15) is 18.1 Å². The zero-order chi connectivity index (χ0) is 10.3. The average Bonchev–Trinajstić information content (AvgIpc) is 2.41. The van der Waals surface area contributed by atoms with E-state index in [1.165, 1.54) is 12.1 Å². The molecule has 1 aliphatic rings. The van der Waals surface area contributed by atoms with Gasteiger partial charge in [-0.2, -0.15) is 0 Å². The van der Waals surface area contributed by atoms with Crippen molar-refractivity contribution in [2.45, 2.75) is 23.8 Å². The minimum atomic E-state index is -4.37. The molecule has 1 aromatic rings. The van der Waals surface area contributed by atoms with Crippen LogP contribution in [-0.4, -0.2) is 24.2 Å². The number of rotatable bonds is 1. The Kier molecular flexibility index (Phi) is 3.97. The molecule has 6 heteroatoms. The topological polar surface area (TPSA) is 77.4 Å². The standard InChI is InChI=1S/C9H10O4S.Na/c10-8-3-6-1-2-9(14(11,12)13)5-7(6)4-8;/h1-2,5,8,10H,3-4H2,(H,11,12,13);/q;+1/p-1. The molecule has 0 spiro atoms. The third-order valence-corrected chi connectivity index (χ3v) is 3.21. The third-order valence-electron chi connectivity index (χ3n) is 2.38. The van der Waals surface area contributed by atoms with Crippen LogP contribution in [0, 0.1) is 0 Å². The van der Waals surface area contributed by atoms with Gasteiger partial charge in [-0.15, -0.1) is 0 Å². The maximum absolute atomic E-state index is 10.7. The molecular formula is C9H9NaO4S. The quantitative estimate of drug-likeness (QED) is 0.418. The SMILES string of the molecule is O=S(=O)([O-])c1ccc2c(c1)CC(O)C2.[Na+]. The van der Waals surface area contributed by atoms with Crippen LogP contribution in [0.1, 0.15) is 11.1 Å². The van der Waals surface area contributed by atoms with Gasteiger partial charge in [0.2, 0.25) is 0 Å². The molecule has 1 atom stereocenters. The Hall–Kier alpha value is 0.0900. The van der Waals surface area contributed by atoms with Gasteiger partial charge in [-0.25, -0.2) is 8.42 Å². The van der Waals surface area contributed by atoms with E-state index in [2.05, 4.69) is 0 Å². The number of aliphatic hydroxyl groups is 1. The van der Waals surface area contributed by atoms with Crippen molar-refractivity contribution >= 4 is 10.1 Å². The second-order valence-corrected chi connectivity index (χ2v) is 4.83. The minimum absolute atomic E-state index is 0. The first-order chi connectivity index (χ1) is 6.47. The van der Waals surface area contributed by atoms with E-state index in [-0.39, 0.29) is 34.5 Å². The molecule has 2 rings (SSSR count). The summed E-state index contributed by atoms with van der Waals surface area (Å²) in [6.45, 7) is 0. The van der Waals surface area contributed by atoms with Crippen molar-refractivity contribution in [2.75, 3.05) is 0 Å². The Bertz CT molecular complexity index is 469. The van der Waals surface area contributed by atoms with Gasteiger partial charge in [0.25, 0.3) is 0 Å². The molecule has 0 aliphatic heterocycles. The average molecular weight is 236 g/mol. The van der Waals surface area contributed by atoms with Gasteiger partial charge in [0.1, 0.15) is 10.1 Å². The summed E-state index contributed by atoms with van der Waals surface area (Å²) in [6, 6.07) is 4.24. The Labute approximate surface area is 110 Å². The first-order valence-electron chi connectivity index (χ1n) is 4.22. The maximum atomic E-state index is 10.7. The molecule has 0 heterocycles. The molecule has 0 fully saturated rings. The molecule has 0 bridgehead atoms. The van der Waals surface area contributed by atoms with Gasteiger partial charge in [-0.1, -0.05) is 6.07 Å². The monoisotopic (exact) mass is 236 g/mol. The first kappa shape index (κ1) is 13.2. The molecule has 0 radical (unpaired) electrons. The molecule has 0 saturated heterocycles. The van der Waals surface area contributed by atoms with Crippen LogP contribution >= 0.6 is 0 Å². The molecule has 15 heavy (non-hydrogen) atoms. The van der Waals surface area contributed by atoms with E-state index in [4.69, 9.17) is 0 Å². The van der Waals surface area contributed by atoms with Crippen LogP contribution in [0.5, 0.6) is 0 Å². The third kappa shape index (κ3) is 2.81. The molecule has 1 aromatic carbocycles. The fourth-order valence-corrected chi connectivity index (χ4v) is 2.25. The fraction of sp³-hybridized carbons (Fsp3) is 0.333. The number of fused-ring (bicyclic) bond motifs is 1. The Balaban J connectivity index is 0.00000112. The number of hydrogen-bond donors (Lipinski definition) is 1. The normalized spacial score (nSPS) is 19.5. The summed E-state index contributed by atoms with van der Waals surface area (Å²) < 4.78 is 32.1. The van der Waals surface area contributed by atoms with Crippen molar-refractivity contribution in [2.24, 2.45) is 0 Å². The summed E-state index contributed by atoms with van der Waals surface area (Å²) >= 11 is 0. The summed E-state index contributed by atoms with van der Waals surface area (Å²) in [5.41, 5.74) is 1.68. The molecule has 76 valence electrons. The smallest absolute Gasteiger partial charge is 0.744 e. The van der Waals surface area contributed by atoms with Gasteiger partial charge in [0, 0.05) is 0 Å². The molecule has 4 nitrogen and oxygen atoms in total. The van der Waals surface area contributed by atoms with Crippen molar-refractivity contribution in [3.05, 3.63) is 29.3 Å². The van der Waals surface area contributed by atoms with Crippen LogP contribution in [0.4, 0.5) is 0 Å². The second kappa shape index (κ2) is 4.53. The van der Waals surface area contributed by atoms with Crippen LogP contribution in [0.25, 0.3) is 0 Å². The van der Waals surface area contributed by atoms with Gasteiger partial charge < -0.3 is 9.66 Å². The van der Waals surface area contributed by atoms with Crippen molar-refractivity contribution in [3.63, 3.8) is 0 Å². The fourth-order valence-electron chi connectivity index (χ4n) is 1.73. The molecule has 0 aromatic heterocycles. The maximum Gasteiger partial charge on any atom is 1.00 e. The molecule has 1 N–H and O–H groups in total. The zero-order valence-corrected chi connectivity index (χ0v) is 11.1. The van der Waals surface area contributed by atoms with Gasteiger partial charge >= 0.3 is 29.6 Å². The van der Waals surface area contributed by atoms with Gasteiger partial charge in [-0.05, 0) is 36.1 Å². The molecular weight excluding hydrogens is 227 g/mol. The summed E-state index contributed by atoms with van der Waals surface area (Å²) in [5.74, 6) is 0. The predicted molar refractivity (Wildman–Crippen MR) is 47.8 cm³/mol. The van der Waals surface area contributed by atoms with E-state index in [1.807, 2.05) is 0 Å². The van der Waals surface area contributed by atoms with E-state index in [1.54, 1.807) is 6.07 Å². The Morgan fingerprint density at radius 2 is 1.87 bits per heavy atom. The Morgan fingerprint density at radius 3 is 2.47 bits per heavy atom. The summed E-state index contributed by atoms with van der Waals surface area (Å²) in [4.78, 5) is -0.217. The summed E-state index contributed by atoms with van der Waals surface area (Å²) in [6.07, 6.45) is 0.516. The van der Waals surface area contributed by atoms with E-state index in [0.29, 0.717) is 12.8 Å². The van der Waals surface area contributed by atoms with Crippen molar-refractivity contribution < 1.29 is 47.6 Å². The minimum Gasteiger partial charge on any atom is -0.744 e. The van der Waals surface area contributed by atoms with Crippen molar-refractivity contribution in [1.82, 2.24) is 0 Å². The van der Waals surface area contributed by atoms with Gasteiger partial charge in [-0.3, -0.25) is 0 Å². The van der Waals surface area contributed by atoms with E-state index >= 15 is 0 Å². The molecule has 1 aliphatic carbocycles. The zero-order valence-electron chi connectivity index (χ0n) is 8.30. The van der Waals surface area contributed by atoms with Crippen LogP contribution < -0.4 is 29.6 Å². The van der Waals surface area contributed by atoms with Crippen LogP contribution in [-0.2, 0) is 23.0 Å². The number of benzene rings is 1. The number of hydrogen-bond acceptors (Lipinski definition) is 4. The summed E-state index contributed by atoms with van der Waals surface area (Å²) in [5, 5.41) is 9.32. The van der Waals surface area contributed by atoms with Gasteiger partial charge in [0.05, 0.1) is 11.0 Å². The van der Waals surface area contributed by atoms with Crippen LogP contribution in [0.3, 0.4) is 0 Å². The molecule has 1 unspecified atom stereocenters. The number of aliphatic hydroxyl groups excluding tert-OH is 1. The van der Waals surface area contributed by atoms with Gasteiger partial charge in [0.15, 0.2) is 0 Å².